The van der Waals surface area contributed by atoms with Crippen LogP contribution in [0.2, 0.25) is 0 Å². The molecule has 1 aliphatic heterocycles. The van der Waals surface area contributed by atoms with Crippen molar-refractivity contribution in [1.82, 2.24) is 0 Å². The van der Waals surface area contributed by atoms with Crippen LogP contribution in [-0.2, 0) is 17.8 Å². The Bertz CT molecular complexity index is 451. The van der Waals surface area contributed by atoms with Gasteiger partial charge in [-0.25, -0.2) is 0 Å². The van der Waals surface area contributed by atoms with Crippen LogP contribution in [0.4, 0.5) is 0 Å². The molecule has 0 bridgehead atoms. The third kappa shape index (κ3) is 2.18. The van der Waals surface area contributed by atoms with Gasteiger partial charge in [-0.15, -0.1) is 0 Å². The molecule has 4 nitrogen and oxygen atoms in total. The molecule has 4 heteroatoms. The van der Waals surface area contributed by atoms with Gasteiger partial charge in [0.25, 0.3) is 0 Å². The Balaban J connectivity index is 1.96. The van der Waals surface area contributed by atoms with Crippen LogP contribution in [0, 0.1) is 0 Å². The molecule has 0 atom stereocenters. The summed E-state index contributed by atoms with van der Waals surface area (Å²) in [7, 11) is 1.67. The predicted molar refractivity (Wildman–Crippen MR) is 66.0 cm³/mol. The van der Waals surface area contributed by atoms with E-state index in [0.29, 0.717) is 26.2 Å². The van der Waals surface area contributed by atoms with Gasteiger partial charge in [0.2, 0.25) is 0 Å². The zero-order valence-electron chi connectivity index (χ0n) is 10.6. The lowest BCUT2D eigenvalue weighted by Gasteiger charge is -2.23. The monoisotopic (exact) mass is 250 g/mol. The maximum atomic E-state index is 10.1. The maximum absolute atomic E-state index is 10.1. The summed E-state index contributed by atoms with van der Waals surface area (Å²) in [6, 6.07) is 3.94. The Morgan fingerprint density at radius 2 is 2.06 bits per heavy atom. The van der Waals surface area contributed by atoms with Crippen LogP contribution in [0.5, 0.6) is 11.5 Å². The van der Waals surface area contributed by atoms with Gasteiger partial charge in [-0.05, 0) is 24.5 Å². The molecule has 1 saturated carbocycles. The van der Waals surface area contributed by atoms with Gasteiger partial charge in [-0.3, -0.25) is 0 Å². The van der Waals surface area contributed by atoms with Crippen molar-refractivity contribution in [3.8, 4) is 11.5 Å². The summed E-state index contributed by atoms with van der Waals surface area (Å²) in [4.78, 5) is 0. The van der Waals surface area contributed by atoms with Gasteiger partial charge in [0.05, 0.1) is 12.2 Å². The summed E-state index contributed by atoms with van der Waals surface area (Å²) in [5, 5.41) is 10.1. The van der Waals surface area contributed by atoms with Crippen molar-refractivity contribution >= 4 is 0 Å². The van der Waals surface area contributed by atoms with Gasteiger partial charge in [-0.2, -0.15) is 0 Å². The molecule has 1 fully saturated rings. The summed E-state index contributed by atoms with van der Waals surface area (Å²) in [6.45, 7) is 1.64. The molecule has 1 heterocycles. The highest BCUT2D eigenvalue weighted by Gasteiger charge is 2.41. The zero-order chi connectivity index (χ0) is 12.6. The van der Waals surface area contributed by atoms with E-state index in [4.69, 9.17) is 14.2 Å². The van der Waals surface area contributed by atoms with Gasteiger partial charge in [0.15, 0.2) is 11.5 Å². The fourth-order valence-corrected chi connectivity index (χ4v) is 2.36. The normalized spacial score (nSPS) is 19.7. The highest BCUT2D eigenvalue weighted by atomic mass is 16.6. The van der Waals surface area contributed by atoms with E-state index in [1.807, 2.05) is 12.1 Å². The second kappa shape index (κ2) is 4.44. The van der Waals surface area contributed by atoms with Crippen molar-refractivity contribution in [2.45, 2.75) is 31.5 Å². The van der Waals surface area contributed by atoms with Crippen molar-refractivity contribution in [1.29, 1.82) is 0 Å². The van der Waals surface area contributed by atoms with E-state index in [0.717, 1.165) is 35.5 Å². The van der Waals surface area contributed by atoms with E-state index in [-0.39, 0.29) is 0 Å². The minimum Gasteiger partial charge on any atom is -0.486 e. The van der Waals surface area contributed by atoms with Gasteiger partial charge in [-0.1, -0.05) is 6.07 Å². The second-order valence-corrected chi connectivity index (χ2v) is 5.06. The first-order valence-electron chi connectivity index (χ1n) is 6.33. The highest BCUT2D eigenvalue weighted by Crippen LogP contribution is 2.42. The maximum Gasteiger partial charge on any atom is 0.167 e. The topological polar surface area (TPSA) is 47.9 Å². The standard InChI is InChI=1S/C14H18O4/c1-16-9-11-10(8-14(15)4-5-14)2-3-12-13(11)18-7-6-17-12/h2-3,15H,4-9H2,1H3. The Kier molecular flexibility index (Phi) is 2.92. The molecule has 1 aromatic carbocycles. The minimum absolute atomic E-state index is 0.484. The smallest absolute Gasteiger partial charge is 0.167 e. The summed E-state index contributed by atoms with van der Waals surface area (Å²) >= 11 is 0. The fourth-order valence-electron chi connectivity index (χ4n) is 2.36. The molecule has 1 N–H and O–H groups in total. The Hall–Kier alpha value is -1.26. The van der Waals surface area contributed by atoms with E-state index < -0.39 is 5.60 Å². The Labute approximate surface area is 106 Å². The number of rotatable bonds is 4. The number of ether oxygens (including phenoxy) is 3. The number of aliphatic hydroxyl groups is 1. The third-order valence-electron chi connectivity index (χ3n) is 3.54. The average Bonchev–Trinajstić information content (AvgIpc) is 3.10. The molecular weight excluding hydrogens is 232 g/mol. The Morgan fingerprint density at radius 1 is 1.28 bits per heavy atom. The van der Waals surface area contributed by atoms with E-state index in [2.05, 4.69) is 0 Å². The molecule has 18 heavy (non-hydrogen) atoms. The predicted octanol–water partition coefficient (Wildman–Crippen LogP) is 1.67. The van der Waals surface area contributed by atoms with Crippen LogP contribution in [0.1, 0.15) is 24.0 Å². The average molecular weight is 250 g/mol. The van der Waals surface area contributed by atoms with E-state index in [1.165, 1.54) is 0 Å². The van der Waals surface area contributed by atoms with Gasteiger partial charge in [0, 0.05) is 19.1 Å². The fraction of sp³-hybridized carbons (Fsp3) is 0.571. The summed E-state index contributed by atoms with van der Waals surface area (Å²) in [6.07, 6.45) is 2.43. The van der Waals surface area contributed by atoms with Crippen LogP contribution in [-0.4, -0.2) is 31.0 Å². The molecule has 0 radical (unpaired) electrons. The molecule has 0 unspecified atom stereocenters. The van der Waals surface area contributed by atoms with Gasteiger partial charge < -0.3 is 19.3 Å². The number of hydrogen-bond donors (Lipinski definition) is 1. The molecule has 2 aliphatic rings. The molecule has 0 saturated heterocycles. The van der Waals surface area contributed by atoms with Crippen LogP contribution < -0.4 is 9.47 Å². The number of fused-ring (bicyclic) bond motifs is 1. The molecule has 0 amide bonds. The zero-order valence-corrected chi connectivity index (χ0v) is 10.6. The lowest BCUT2D eigenvalue weighted by Crippen LogP contribution is -2.19. The molecular formula is C14H18O4. The van der Waals surface area contributed by atoms with Crippen molar-refractivity contribution in [2.24, 2.45) is 0 Å². The number of hydrogen-bond acceptors (Lipinski definition) is 4. The number of methoxy groups -OCH3 is 1. The molecule has 0 spiro atoms. The van der Waals surface area contributed by atoms with Crippen LogP contribution >= 0.6 is 0 Å². The van der Waals surface area contributed by atoms with Crippen molar-refractivity contribution in [3.63, 3.8) is 0 Å². The quantitative estimate of drug-likeness (QED) is 0.883. The largest absolute Gasteiger partial charge is 0.486 e. The van der Waals surface area contributed by atoms with Crippen LogP contribution in [0.25, 0.3) is 0 Å². The van der Waals surface area contributed by atoms with E-state index >= 15 is 0 Å². The van der Waals surface area contributed by atoms with Crippen LogP contribution in [0.15, 0.2) is 12.1 Å². The van der Waals surface area contributed by atoms with Gasteiger partial charge >= 0.3 is 0 Å². The molecule has 98 valence electrons. The SMILES string of the molecule is COCc1c(CC2(O)CC2)ccc2c1OCCO2. The van der Waals surface area contributed by atoms with Crippen molar-refractivity contribution < 1.29 is 19.3 Å². The van der Waals surface area contributed by atoms with E-state index in [9.17, 15) is 5.11 Å². The summed E-state index contributed by atoms with van der Waals surface area (Å²) in [5.41, 5.74) is 1.60. The molecule has 3 rings (SSSR count). The highest BCUT2D eigenvalue weighted by molar-refractivity contribution is 5.52. The molecule has 1 aromatic rings. The summed E-state index contributed by atoms with van der Waals surface area (Å²) < 4.78 is 16.5. The van der Waals surface area contributed by atoms with Gasteiger partial charge in [0.1, 0.15) is 13.2 Å². The first-order valence-corrected chi connectivity index (χ1v) is 6.33. The summed E-state index contributed by atoms with van der Waals surface area (Å²) in [5.74, 6) is 1.56. The van der Waals surface area contributed by atoms with Crippen LogP contribution in [0.3, 0.4) is 0 Å². The first-order chi connectivity index (χ1) is 8.72. The lowest BCUT2D eigenvalue weighted by atomic mass is 9.99. The molecule has 1 aliphatic carbocycles. The van der Waals surface area contributed by atoms with Crippen molar-refractivity contribution in [2.75, 3.05) is 20.3 Å². The second-order valence-electron chi connectivity index (χ2n) is 5.06. The first kappa shape index (κ1) is 11.8. The number of benzene rings is 1. The molecule has 0 aromatic heterocycles. The third-order valence-corrected chi connectivity index (χ3v) is 3.54. The Morgan fingerprint density at radius 3 is 2.78 bits per heavy atom. The minimum atomic E-state index is -0.508. The lowest BCUT2D eigenvalue weighted by molar-refractivity contribution is 0.141. The van der Waals surface area contributed by atoms with Crippen molar-refractivity contribution in [3.05, 3.63) is 23.3 Å². The van der Waals surface area contributed by atoms with E-state index in [1.54, 1.807) is 7.11 Å².